The molecular weight excluding hydrogens is 973 g/mol. The summed E-state index contributed by atoms with van der Waals surface area (Å²) in [6, 6.07) is 1.24. The first-order valence-corrected chi connectivity index (χ1v) is 28.4. The number of esters is 2. The second-order valence-electron chi connectivity index (χ2n) is 17.7. The van der Waals surface area contributed by atoms with Gasteiger partial charge in [0.25, 0.3) is 0 Å². The molecule has 19 nitrogen and oxygen atoms in total. The highest BCUT2D eigenvalue weighted by Gasteiger charge is 2.46. The Bertz CT molecular complexity index is 2020. The van der Waals surface area contributed by atoms with Gasteiger partial charge in [-0.2, -0.15) is 9.29 Å². The number of carbonyl (C=O) groups is 2. The molecule has 2 heterocycles. The molecule has 1 aromatic heterocycles. The Morgan fingerprint density at radius 2 is 1.33 bits per heavy atom. The molecule has 9 atom stereocenters. The van der Waals surface area contributed by atoms with Crippen molar-refractivity contribution in [1.82, 2.24) is 9.55 Å². The summed E-state index contributed by atoms with van der Waals surface area (Å²) >= 11 is 0. The number of phosphoric acid groups is 2. The molecule has 0 aliphatic carbocycles. The molecule has 0 bridgehead atoms. The summed E-state index contributed by atoms with van der Waals surface area (Å²) in [4.78, 5) is 61.9. The maximum atomic E-state index is 12.9. The minimum atomic E-state index is -5.47. The van der Waals surface area contributed by atoms with Crippen LogP contribution in [-0.4, -0.2) is 96.9 Å². The van der Waals surface area contributed by atoms with Gasteiger partial charge in [0.2, 0.25) is 0 Å². The number of aliphatic hydroxyl groups is 3. The second-order valence-corrected chi connectivity index (χ2v) is 20.8. The van der Waals surface area contributed by atoms with Crippen molar-refractivity contribution in [2.75, 3.05) is 25.6 Å². The van der Waals surface area contributed by atoms with Crippen LogP contribution in [-0.2, 0) is 46.3 Å². The van der Waals surface area contributed by atoms with Gasteiger partial charge in [0.05, 0.1) is 19.3 Å². The molecule has 1 aliphatic heterocycles. The van der Waals surface area contributed by atoms with E-state index in [0.717, 1.165) is 74.5 Å². The van der Waals surface area contributed by atoms with Crippen LogP contribution >= 0.6 is 15.6 Å². The molecule has 0 spiro atoms. The Labute approximate surface area is 426 Å². The number of nitrogens with zero attached hydrogens (tertiary/aromatic N) is 2. The van der Waals surface area contributed by atoms with E-state index in [-0.39, 0.29) is 25.1 Å². The first-order chi connectivity index (χ1) is 34.5. The Hall–Kier alpha value is -3.84. The molecule has 1 aromatic rings. The number of phosphoric ester groups is 2. The molecule has 0 radical (unpaired) electrons. The quantitative estimate of drug-likeness (QED) is 0.0117. The molecule has 0 amide bonds. The van der Waals surface area contributed by atoms with Gasteiger partial charge in [0.1, 0.15) is 30.7 Å². The summed E-state index contributed by atoms with van der Waals surface area (Å²) in [6.07, 6.45) is 33.2. The molecule has 21 heteroatoms. The van der Waals surface area contributed by atoms with E-state index in [4.69, 9.17) is 29.0 Å². The average Bonchev–Trinajstić information content (AvgIpc) is 3.61. The monoisotopic (exact) mass is 1060 g/mol. The zero-order valence-electron chi connectivity index (χ0n) is 42.5. The molecule has 1 saturated heterocycles. The lowest BCUT2D eigenvalue weighted by Gasteiger charge is -2.21. The third-order valence-electron chi connectivity index (χ3n) is 11.5. The molecule has 0 saturated carbocycles. The van der Waals surface area contributed by atoms with Crippen molar-refractivity contribution in [3.63, 3.8) is 0 Å². The Balaban J connectivity index is 1.86. The fourth-order valence-corrected chi connectivity index (χ4v) is 9.21. The van der Waals surface area contributed by atoms with E-state index in [2.05, 4.69) is 72.6 Å². The highest BCUT2D eigenvalue weighted by molar-refractivity contribution is 7.61. The van der Waals surface area contributed by atoms with Crippen LogP contribution in [0, 0.1) is 5.92 Å². The molecule has 4 unspecified atom stereocenters. The number of hydrogen-bond acceptors (Lipinski definition) is 16. The number of aliphatic hydroxyl groups excluding tert-OH is 3. The van der Waals surface area contributed by atoms with Gasteiger partial charge in [-0.25, -0.2) is 13.9 Å². The molecule has 72 heavy (non-hydrogen) atoms. The zero-order valence-corrected chi connectivity index (χ0v) is 44.3. The fourth-order valence-electron chi connectivity index (χ4n) is 7.10. The Morgan fingerprint density at radius 3 is 1.93 bits per heavy atom. The predicted molar refractivity (Wildman–Crippen MR) is 276 cm³/mol. The van der Waals surface area contributed by atoms with Crippen LogP contribution in [0.5, 0.6) is 0 Å². The molecule has 1 fully saturated rings. The van der Waals surface area contributed by atoms with Crippen LogP contribution in [0.4, 0.5) is 5.82 Å². The lowest BCUT2D eigenvalue weighted by molar-refractivity contribution is -0.161. The normalized spacial score (nSPS) is 20.6. The summed E-state index contributed by atoms with van der Waals surface area (Å²) < 4.78 is 56.6. The van der Waals surface area contributed by atoms with Crippen LogP contribution in [0.1, 0.15) is 155 Å². The van der Waals surface area contributed by atoms with E-state index < -0.39 is 89.8 Å². The van der Waals surface area contributed by atoms with E-state index in [9.17, 15) is 48.6 Å². The van der Waals surface area contributed by atoms with Gasteiger partial charge in [-0.05, 0) is 56.9 Å². The molecular formula is C51H83N3O16P2. The van der Waals surface area contributed by atoms with E-state index in [1.165, 1.54) is 50.7 Å². The maximum absolute atomic E-state index is 12.9. The minimum Gasteiger partial charge on any atom is -0.462 e. The van der Waals surface area contributed by atoms with Gasteiger partial charge in [0, 0.05) is 19.0 Å². The van der Waals surface area contributed by atoms with Gasteiger partial charge in [-0.15, -0.1) is 0 Å². The number of nitrogen functional groups attached to an aromatic ring is 1. The largest absolute Gasteiger partial charge is 0.481 e. The number of hydrogen-bond donors (Lipinski definition) is 6. The topological polar surface area (TPSA) is 286 Å². The lowest BCUT2D eigenvalue weighted by Crippen LogP contribution is -2.36. The highest BCUT2D eigenvalue weighted by atomic mass is 31.3. The van der Waals surface area contributed by atoms with Gasteiger partial charge in [-0.3, -0.25) is 23.2 Å². The van der Waals surface area contributed by atoms with Crippen molar-refractivity contribution < 1.29 is 71.4 Å². The fraction of sp³-hybridized carbons (Fsp3) is 0.647. The van der Waals surface area contributed by atoms with Crippen LogP contribution in [0.15, 0.2) is 90.0 Å². The van der Waals surface area contributed by atoms with Crippen molar-refractivity contribution >= 4 is 33.4 Å². The number of ether oxygens (including phenoxy) is 3. The van der Waals surface area contributed by atoms with E-state index in [0.29, 0.717) is 12.8 Å². The standard InChI is InChI=1S/C51H83N3O16P2/c1-4-6-7-8-9-10-11-12-13-14-15-16-20-23-26-29-32-42(55)34-35-46(56)65-38-43(68-47(57)33-30-27-24-21-18-17-19-22-25-28-31-41(3)5-2)39-66-71(61,62)70-72(63,64)67-40-44-48(58)49(59)50(69-44)54-37-36-45(52)53-51(54)60/h6-7,9-10,12-13,15-16,23,26,29,32,36-37,41-44,48-50,55,58-59H,4-5,8,11,14,17-22,24-25,27-28,30-31,33-35,38-40H2,1-3H3,(H,61,62)(H,63,64)(H2,52,53,60)/b7-6-,10-9-,13-12-,16-15-,26-23-,32-29-/t41?,42?,43-,44-,48-,49-,50-/m1/s1. The SMILES string of the molecule is CC/C=C\C/C=C\C/C=C\C/C=C\C/C=C\C=C/C(O)CCC(=O)OC[C@H](COP(=O)(O)OP(=O)(O)OC[C@H]1O[C@@H](n2ccc(N)nc2=O)[C@H](O)[C@@H]1O)OC(=O)CCCCCCCCCCCCC(C)CC. The highest BCUT2D eigenvalue weighted by Crippen LogP contribution is 2.60. The summed E-state index contributed by atoms with van der Waals surface area (Å²) in [5, 5.41) is 31.3. The molecule has 2 rings (SSSR count). The van der Waals surface area contributed by atoms with Crippen LogP contribution < -0.4 is 11.4 Å². The lowest BCUT2D eigenvalue weighted by atomic mass is 9.99. The third kappa shape index (κ3) is 30.4. The van der Waals surface area contributed by atoms with Gasteiger partial charge < -0.3 is 45.1 Å². The Kier molecular flexibility index (Phi) is 33.8. The van der Waals surface area contributed by atoms with Crippen molar-refractivity contribution in [2.24, 2.45) is 5.92 Å². The minimum absolute atomic E-state index is 0.00185. The number of allylic oxidation sites excluding steroid dienone is 11. The van der Waals surface area contributed by atoms with Gasteiger partial charge in [0.15, 0.2) is 12.3 Å². The second kappa shape index (κ2) is 37.8. The summed E-state index contributed by atoms with van der Waals surface area (Å²) in [5.41, 5.74) is 4.57. The van der Waals surface area contributed by atoms with E-state index in [1.54, 1.807) is 12.2 Å². The van der Waals surface area contributed by atoms with Gasteiger partial charge >= 0.3 is 33.3 Å². The number of unbranched alkanes of at least 4 members (excludes halogenated alkanes) is 9. The Morgan fingerprint density at radius 1 is 0.764 bits per heavy atom. The maximum Gasteiger partial charge on any atom is 0.481 e. The van der Waals surface area contributed by atoms with Crippen LogP contribution in [0.25, 0.3) is 0 Å². The van der Waals surface area contributed by atoms with Crippen molar-refractivity contribution in [1.29, 1.82) is 0 Å². The third-order valence-corrected chi connectivity index (χ3v) is 14.1. The first-order valence-electron chi connectivity index (χ1n) is 25.5. The van der Waals surface area contributed by atoms with Crippen molar-refractivity contribution in [3.8, 4) is 0 Å². The number of rotatable bonds is 40. The number of aromatic nitrogens is 2. The smallest absolute Gasteiger partial charge is 0.462 e. The van der Waals surface area contributed by atoms with Crippen LogP contribution in [0.2, 0.25) is 0 Å². The summed E-state index contributed by atoms with van der Waals surface area (Å²) in [5.74, 6) is -0.810. The predicted octanol–water partition coefficient (Wildman–Crippen LogP) is 9.33. The van der Waals surface area contributed by atoms with Crippen molar-refractivity contribution in [3.05, 3.63) is 95.7 Å². The molecule has 408 valence electrons. The van der Waals surface area contributed by atoms with E-state index in [1.807, 2.05) is 12.2 Å². The van der Waals surface area contributed by atoms with Crippen LogP contribution in [0.3, 0.4) is 0 Å². The summed E-state index contributed by atoms with van der Waals surface area (Å²) in [6.45, 7) is 4.10. The molecule has 1 aliphatic rings. The van der Waals surface area contributed by atoms with Gasteiger partial charge in [-0.1, -0.05) is 164 Å². The number of carbonyl (C=O) groups excluding carboxylic acids is 2. The average molecular weight is 1060 g/mol. The number of nitrogens with two attached hydrogens (primary N) is 1. The molecule has 7 N–H and O–H groups in total. The number of anilines is 1. The molecule has 0 aromatic carbocycles. The van der Waals surface area contributed by atoms with Crippen molar-refractivity contribution in [2.45, 2.75) is 186 Å². The first kappa shape index (κ1) is 64.3. The van der Waals surface area contributed by atoms with E-state index >= 15 is 0 Å². The summed E-state index contributed by atoms with van der Waals surface area (Å²) in [7, 11) is -10.9. The zero-order chi connectivity index (χ0) is 53.0.